The molecule has 1 heterocycles. The van der Waals surface area contributed by atoms with Gasteiger partial charge in [-0.15, -0.1) is 0 Å². The number of aliphatic hydroxyl groups is 1. The van der Waals surface area contributed by atoms with Crippen LogP contribution in [0.4, 0.5) is 0 Å². The topological polar surface area (TPSA) is 43.8 Å². The maximum Gasteiger partial charge on any atom is 0.237 e. The van der Waals surface area contributed by atoms with Crippen LogP contribution in [0, 0.1) is 11.8 Å². The van der Waals surface area contributed by atoms with Crippen molar-refractivity contribution >= 4 is 5.91 Å². The number of carbonyl (C=O) groups excluding carboxylic acids is 1. The first kappa shape index (κ1) is 16.3. The molecule has 3 rings (SSSR count). The summed E-state index contributed by atoms with van der Waals surface area (Å²) < 4.78 is 0. The third kappa shape index (κ3) is 3.83. The molecule has 0 radical (unpaired) electrons. The van der Waals surface area contributed by atoms with Gasteiger partial charge in [0.15, 0.2) is 0 Å². The Balaban J connectivity index is 1.55. The van der Waals surface area contributed by atoms with E-state index in [1.807, 2.05) is 6.92 Å². The Kier molecular flexibility index (Phi) is 5.08. The predicted octanol–water partition coefficient (Wildman–Crippen LogP) is 2.26. The van der Waals surface area contributed by atoms with Gasteiger partial charge < -0.3 is 10.0 Å². The summed E-state index contributed by atoms with van der Waals surface area (Å²) in [5.41, 5.74) is 0. The zero-order valence-corrected chi connectivity index (χ0v) is 14.2. The van der Waals surface area contributed by atoms with Crippen molar-refractivity contribution in [3.05, 3.63) is 0 Å². The summed E-state index contributed by atoms with van der Waals surface area (Å²) in [6.45, 7) is 6.60. The lowest BCUT2D eigenvalue weighted by molar-refractivity contribution is -0.136. The van der Waals surface area contributed by atoms with E-state index in [-0.39, 0.29) is 6.10 Å². The molecule has 4 nitrogen and oxygen atoms in total. The molecule has 0 aromatic rings. The first-order valence-electron chi connectivity index (χ1n) is 9.26. The minimum Gasteiger partial charge on any atom is -0.393 e. The van der Waals surface area contributed by atoms with Crippen LogP contribution in [0.1, 0.15) is 58.8 Å². The zero-order chi connectivity index (χ0) is 15.7. The summed E-state index contributed by atoms with van der Waals surface area (Å²) in [4.78, 5) is 17.4. The second-order valence-electron chi connectivity index (χ2n) is 7.97. The Morgan fingerprint density at radius 1 is 1.14 bits per heavy atom. The fourth-order valence-corrected chi connectivity index (χ4v) is 4.25. The van der Waals surface area contributed by atoms with Crippen molar-refractivity contribution < 1.29 is 9.90 Å². The van der Waals surface area contributed by atoms with Crippen LogP contribution in [0.2, 0.25) is 0 Å². The standard InChI is InChI=1S/C18H32N2O2/c1-13-3-5-16(6-4-13)20(17-7-8-17)18(22)12-19-10-9-15(11-19)14(2)21/h13-17,21H,3-12H2,1-2H3. The van der Waals surface area contributed by atoms with Gasteiger partial charge in [0.25, 0.3) is 0 Å². The summed E-state index contributed by atoms with van der Waals surface area (Å²) >= 11 is 0. The molecule has 1 amide bonds. The largest absolute Gasteiger partial charge is 0.393 e. The van der Waals surface area contributed by atoms with Crippen LogP contribution in [-0.2, 0) is 4.79 Å². The van der Waals surface area contributed by atoms with Crippen molar-refractivity contribution in [2.75, 3.05) is 19.6 Å². The summed E-state index contributed by atoms with van der Waals surface area (Å²) in [5, 5.41) is 9.72. The fourth-order valence-electron chi connectivity index (χ4n) is 4.25. The van der Waals surface area contributed by atoms with Crippen LogP contribution in [0.15, 0.2) is 0 Å². The number of likely N-dealkylation sites (tertiary alicyclic amines) is 1. The zero-order valence-electron chi connectivity index (χ0n) is 14.2. The molecule has 2 aliphatic carbocycles. The van der Waals surface area contributed by atoms with Crippen LogP contribution in [-0.4, -0.2) is 58.6 Å². The van der Waals surface area contributed by atoms with Gasteiger partial charge in [0.2, 0.25) is 5.91 Å². The van der Waals surface area contributed by atoms with Gasteiger partial charge in [-0.2, -0.15) is 0 Å². The Bertz CT molecular complexity index is 387. The van der Waals surface area contributed by atoms with E-state index in [4.69, 9.17) is 0 Å². The van der Waals surface area contributed by atoms with Crippen LogP contribution in [0.25, 0.3) is 0 Å². The van der Waals surface area contributed by atoms with Gasteiger partial charge in [0.05, 0.1) is 12.6 Å². The number of hydrogen-bond donors (Lipinski definition) is 1. The normalized spacial score (nSPS) is 34.6. The third-order valence-electron chi connectivity index (χ3n) is 5.96. The average molecular weight is 308 g/mol. The van der Waals surface area contributed by atoms with Gasteiger partial charge in [-0.25, -0.2) is 0 Å². The highest BCUT2D eigenvalue weighted by atomic mass is 16.3. The molecule has 3 aliphatic rings. The van der Waals surface area contributed by atoms with Crippen molar-refractivity contribution in [2.45, 2.75) is 77.0 Å². The van der Waals surface area contributed by atoms with Gasteiger partial charge in [-0.3, -0.25) is 9.69 Å². The summed E-state index contributed by atoms with van der Waals surface area (Å²) in [6, 6.07) is 1.02. The third-order valence-corrected chi connectivity index (χ3v) is 5.96. The van der Waals surface area contributed by atoms with E-state index in [1.165, 1.54) is 38.5 Å². The quantitative estimate of drug-likeness (QED) is 0.847. The number of carbonyl (C=O) groups is 1. The molecule has 2 unspecified atom stereocenters. The molecule has 22 heavy (non-hydrogen) atoms. The average Bonchev–Trinajstić information content (AvgIpc) is 3.19. The second kappa shape index (κ2) is 6.88. The van der Waals surface area contributed by atoms with Gasteiger partial charge in [0.1, 0.15) is 0 Å². The second-order valence-corrected chi connectivity index (χ2v) is 7.97. The lowest BCUT2D eigenvalue weighted by Gasteiger charge is -2.37. The van der Waals surface area contributed by atoms with Crippen LogP contribution in [0.5, 0.6) is 0 Å². The van der Waals surface area contributed by atoms with Crippen molar-refractivity contribution in [1.29, 1.82) is 0 Å². The highest BCUT2D eigenvalue weighted by Crippen LogP contribution is 2.35. The monoisotopic (exact) mass is 308 g/mol. The molecule has 1 N–H and O–H groups in total. The number of rotatable bonds is 5. The molecule has 0 spiro atoms. The van der Waals surface area contributed by atoms with Crippen LogP contribution in [0.3, 0.4) is 0 Å². The lowest BCUT2D eigenvalue weighted by Crippen LogP contribution is -2.47. The molecule has 3 fully saturated rings. The Morgan fingerprint density at radius 3 is 2.23 bits per heavy atom. The minimum atomic E-state index is -0.250. The van der Waals surface area contributed by atoms with E-state index in [9.17, 15) is 9.90 Å². The van der Waals surface area contributed by atoms with E-state index >= 15 is 0 Å². The fraction of sp³-hybridized carbons (Fsp3) is 0.944. The smallest absolute Gasteiger partial charge is 0.237 e. The Labute approximate surface area is 134 Å². The Hall–Kier alpha value is -0.610. The number of nitrogens with zero attached hydrogens (tertiary/aromatic N) is 2. The van der Waals surface area contributed by atoms with Gasteiger partial charge in [0, 0.05) is 18.6 Å². The molecule has 2 atom stereocenters. The molecule has 0 aromatic carbocycles. The van der Waals surface area contributed by atoms with Crippen molar-refractivity contribution in [3.63, 3.8) is 0 Å². The summed E-state index contributed by atoms with van der Waals surface area (Å²) in [7, 11) is 0. The number of hydrogen-bond acceptors (Lipinski definition) is 3. The predicted molar refractivity (Wildman–Crippen MR) is 87.5 cm³/mol. The lowest BCUT2D eigenvalue weighted by atomic mass is 9.86. The van der Waals surface area contributed by atoms with Gasteiger partial charge >= 0.3 is 0 Å². The van der Waals surface area contributed by atoms with E-state index in [0.29, 0.717) is 30.5 Å². The maximum absolute atomic E-state index is 12.9. The van der Waals surface area contributed by atoms with Gasteiger partial charge in [-0.1, -0.05) is 6.92 Å². The van der Waals surface area contributed by atoms with E-state index in [1.54, 1.807) is 0 Å². The first-order chi connectivity index (χ1) is 10.5. The summed E-state index contributed by atoms with van der Waals surface area (Å²) in [6.07, 6.45) is 8.11. The Morgan fingerprint density at radius 2 is 1.73 bits per heavy atom. The maximum atomic E-state index is 12.9. The van der Waals surface area contributed by atoms with Crippen LogP contribution >= 0.6 is 0 Å². The van der Waals surface area contributed by atoms with Gasteiger partial charge in [-0.05, 0) is 70.3 Å². The van der Waals surface area contributed by atoms with Crippen molar-refractivity contribution in [2.24, 2.45) is 11.8 Å². The molecule has 4 heteroatoms. The minimum absolute atomic E-state index is 0.250. The highest BCUT2D eigenvalue weighted by Gasteiger charge is 2.39. The summed E-state index contributed by atoms with van der Waals surface area (Å²) in [5.74, 6) is 1.52. The molecule has 0 bridgehead atoms. The van der Waals surface area contributed by atoms with E-state index < -0.39 is 0 Å². The van der Waals surface area contributed by atoms with Crippen LogP contribution < -0.4 is 0 Å². The highest BCUT2D eigenvalue weighted by molar-refractivity contribution is 5.79. The first-order valence-corrected chi connectivity index (χ1v) is 9.26. The molecular weight excluding hydrogens is 276 g/mol. The van der Waals surface area contributed by atoms with E-state index in [0.717, 1.165) is 25.4 Å². The van der Waals surface area contributed by atoms with Crippen molar-refractivity contribution in [3.8, 4) is 0 Å². The number of aliphatic hydroxyl groups excluding tert-OH is 1. The molecule has 1 aliphatic heterocycles. The van der Waals surface area contributed by atoms with E-state index in [2.05, 4.69) is 16.7 Å². The number of amides is 1. The molecule has 2 saturated carbocycles. The molecule has 1 saturated heterocycles. The molecule has 126 valence electrons. The molecule has 0 aromatic heterocycles. The SMILES string of the molecule is CC1CCC(N(C(=O)CN2CCC(C(C)O)C2)C2CC2)CC1. The van der Waals surface area contributed by atoms with Crippen molar-refractivity contribution in [1.82, 2.24) is 9.80 Å². The molecular formula is C18H32N2O2.